The molecule has 1 unspecified atom stereocenters. The number of aliphatic hydroxyl groups is 1. The first-order valence-corrected chi connectivity index (χ1v) is 5.47. The molecule has 1 amide bonds. The van der Waals surface area contributed by atoms with Crippen LogP contribution in [0.15, 0.2) is 30.6 Å². The van der Waals surface area contributed by atoms with E-state index in [1.807, 2.05) is 0 Å². The van der Waals surface area contributed by atoms with E-state index in [0.29, 0.717) is 11.0 Å². The number of rotatable bonds is 4. The number of aliphatic hydroxyl groups excluding tert-OH is 1. The van der Waals surface area contributed by atoms with E-state index in [1.165, 1.54) is 24.5 Å². The highest BCUT2D eigenvalue weighted by Gasteiger charge is 2.19. The molecule has 7 nitrogen and oxygen atoms in total. The van der Waals surface area contributed by atoms with Crippen molar-refractivity contribution < 1.29 is 19.8 Å². The van der Waals surface area contributed by atoms with Crippen molar-refractivity contribution >= 4 is 22.9 Å². The van der Waals surface area contributed by atoms with Gasteiger partial charge in [0.1, 0.15) is 0 Å². The number of hydrogen-bond donors (Lipinski definition) is 3. The van der Waals surface area contributed by atoms with Crippen LogP contribution in [-0.4, -0.2) is 44.7 Å². The second-order valence-electron chi connectivity index (χ2n) is 3.81. The van der Waals surface area contributed by atoms with E-state index in [0.717, 1.165) is 0 Å². The number of nitrogens with zero attached hydrogens (tertiary/aromatic N) is 2. The monoisotopic (exact) mass is 261 g/mol. The zero-order chi connectivity index (χ0) is 13.8. The number of nitrogens with one attached hydrogen (secondary N) is 1. The Labute approximate surface area is 107 Å². The highest BCUT2D eigenvalue weighted by molar-refractivity contribution is 5.99. The predicted octanol–water partition coefficient (Wildman–Crippen LogP) is -0.195. The lowest BCUT2D eigenvalue weighted by Gasteiger charge is -2.11. The van der Waals surface area contributed by atoms with E-state index in [-0.39, 0.29) is 5.56 Å². The van der Waals surface area contributed by atoms with Crippen LogP contribution >= 0.6 is 0 Å². The zero-order valence-electron chi connectivity index (χ0n) is 9.78. The summed E-state index contributed by atoms with van der Waals surface area (Å²) in [6, 6.07) is 3.31. The van der Waals surface area contributed by atoms with E-state index >= 15 is 0 Å². The Kier molecular flexibility index (Phi) is 3.67. The topological polar surface area (TPSA) is 112 Å². The number of benzene rings is 1. The summed E-state index contributed by atoms with van der Waals surface area (Å²) in [5.41, 5.74) is 1.43. The van der Waals surface area contributed by atoms with Gasteiger partial charge in [-0.1, -0.05) is 0 Å². The largest absolute Gasteiger partial charge is 0.480 e. The van der Waals surface area contributed by atoms with Gasteiger partial charge in [-0.2, -0.15) is 0 Å². The van der Waals surface area contributed by atoms with E-state index in [9.17, 15) is 9.59 Å². The van der Waals surface area contributed by atoms with Crippen LogP contribution in [0.2, 0.25) is 0 Å². The Hall–Kier alpha value is -2.54. The van der Waals surface area contributed by atoms with Crippen LogP contribution in [0.1, 0.15) is 10.4 Å². The van der Waals surface area contributed by atoms with Crippen molar-refractivity contribution in [2.24, 2.45) is 0 Å². The van der Waals surface area contributed by atoms with Crippen LogP contribution in [0.4, 0.5) is 0 Å². The minimum absolute atomic E-state index is 0.257. The van der Waals surface area contributed by atoms with Gasteiger partial charge in [-0.05, 0) is 18.2 Å². The quantitative estimate of drug-likeness (QED) is 0.703. The number of carboxylic acids is 1. The second-order valence-corrected chi connectivity index (χ2v) is 3.81. The summed E-state index contributed by atoms with van der Waals surface area (Å²) in [4.78, 5) is 30.7. The normalized spacial score (nSPS) is 12.1. The van der Waals surface area contributed by atoms with Gasteiger partial charge in [0, 0.05) is 18.0 Å². The highest BCUT2D eigenvalue weighted by atomic mass is 16.4. The van der Waals surface area contributed by atoms with Crippen LogP contribution in [0.3, 0.4) is 0 Å². The van der Waals surface area contributed by atoms with Crippen LogP contribution in [0.5, 0.6) is 0 Å². The van der Waals surface area contributed by atoms with Crippen molar-refractivity contribution in [1.82, 2.24) is 15.3 Å². The fourth-order valence-electron chi connectivity index (χ4n) is 1.53. The second kappa shape index (κ2) is 5.40. The molecule has 19 heavy (non-hydrogen) atoms. The third-order valence-electron chi connectivity index (χ3n) is 2.52. The smallest absolute Gasteiger partial charge is 0.328 e. The molecule has 3 N–H and O–H groups in total. The van der Waals surface area contributed by atoms with Gasteiger partial charge in [0.05, 0.1) is 17.6 Å². The Bertz CT molecular complexity index is 629. The van der Waals surface area contributed by atoms with Gasteiger partial charge in [0.25, 0.3) is 5.91 Å². The number of amides is 1. The molecule has 0 aliphatic carbocycles. The Balaban J connectivity index is 2.24. The van der Waals surface area contributed by atoms with Crippen LogP contribution in [-0.2, 0) is 4.79 Å². The number of aliphatic carboxylic acids is 1. The number of aromatic nitrogens is 2. The minimum atomic E-state index is -1.33. The SMILES string of the molecule is O=C(NC(CO)C(=O)O)c1ccc2nccnc2c1. The van der Waals surface area contributed by atoms with Crippen LogP contribution in [0, 0.1) is 0 Å². The van der Waals surface area contributed by atoms with Crippen molar-refractivity contribution in [2.75, 3.05) is 6.61 Å². The number of carboxylic acid groups (broad SMARTS) is 1. The highest BCUT2D eigenvalue weighted by Crippen LogP contribution is 2.10. The average Bonchev–Trinajstić information content (AvgIpc) is 2.43. The Morgan fingerprint density at radius 2 is 1.89 bits per heavy atom. The van der Waals surface area contributed by atoms with E-state index < -0.39 is 24.5 Å². The number of hydrogen-bond acceptors (Lipinski definition) is 5. The average molecular weight is 261 g/mol. The van der Waals surface area contributed by atoms with Gasteiger partial charge in [0.15, 0.2) is 6.04 Å². The maximum atomic E-state index is 11.8. The molecule has 0 spiro atoms. The predicted molar refractivity (Wildman–Crippen MR) is 65.5 cm³/mol. The lowest BCUT2D eigenvalue weighted by molar-refractivity contribution is -0.140. The molecule has 0 aliphatic rings. The van der Waals surface area contributed by atoms with Gasteiger partial charge < -0.3 is 15.5 Å². The molecule has 1 heterocycles. The van der Waals surface area contributed by atoms with E-state index in [4.69, 9.17) is 10.2 Å². The fraction of sp³-hybridized carbons (Fsp3) is 0.167. The van der Waals surface area contributed by atoms with Crippen LogP contribution in [0.25, 0.3) is 11.0 Å². The summed E-state index contributed by atoms with van der Waals surface area (Å²) in [6.45, 7) is -0.672. The minimum Gasteiger partial charge on any atom is -0.480 e. The van der Waals surface area contributed by atoms with Crippen molar-refractivity contribution in [3.05, 3.63) is 36.2 Å². The van der Waals surface area contributed by atoms with Crippen molar-refractivity contribution in [3.63, 3.8) is 0 Å². The van der Waals surface area contributed by atoms with Gasteiger partial charge in [-0.3, -0.25) is 14.8 Å². The Morgan fingerprint density at radius 1 is 1.21 bits per heavy atom. The summed E-state index contributed by atoms with van der Waals surface area (Å²) in [6.07, 6.45) is 3.03. The third-order valence-corrected chi connectivity index (χ3v) is 2.52. The summed E-state index contributed by atoms with van der Waals surface area (Å²) in [7, 11) is 0. The van der Waals surface area contributed by atoms with E-state index in [1.54, 1.807) is 6.07 Å². The summed E-state index contributed by atoms with van der Waals surface area (Å²) in [5, 5.41) is 19.8. The van der Waals surface area contributed by atoms with E-state index in [2.05, 4.69) is 15.3 Å². The molecular formula is C12H11N3O4. The standard InChI is InChI=1S/C12H11N3O4/c16-6-10(12(18)19)15-11(17)7-1-2-8-9(5-7)14-4-3-13-8/h1-5,10,16H,6H2,(H,15,17)(H,18,19). The zero-order valence-corrected chi connectivity index (χ0v) is 9.78. The van der Waals surface area contributed by atoms with Gasteiger partial charge in [-0.15, -0.1) is 0 Å². The van der Waals surface area contributed by atoms with Crippen LogP contribution < -0.4 is 5.32 Å². The summed E-state index contributed by atoms with van der Waals surface area (Å²) in [5.74, 6) is -1.88. The molecule has 1 aromatic heterocycles. The first-order chi connectivity index (χ1) is 9.11. The van der Waals surface area contributed by atoms with Crippen molar-refractivity contribution in [2.45, 2.75) is 6.04 Å². The molecule has 0 saturated carbocycles. The number of carbonyl (C=O) groups excluding carboxylic acids is 1. The maximum Gasteiger partial charge on any atom is 0.328 e. The summed E-state index contributed by atoms with van der Waals surface area (Å²) < 4.78 is 0. The molecule has 0 radical (unpaired) electrons. The van der Waals surface area contributed by atoms with Gasteiger partial charge >= 0.3 is 5.97 Å². The lowest BCUT2D eigenvalue weighted by Crippen LogP contribution is -2.43. The molecular weight excluding hydrogens is 250 g/mol. The molecule has 0 fully saturated rings. The summed E-state index contributed by atoms with van der Waals surface area (Å²) >= 11 is 0. The molecule has 7 heteroatoms. The van der Waals surface area contributed by atoms with Crippen molar-refractivity contribution in [3.8, 4) is 0 Å². The van der Waals surface area contributed by atoms with Gasteiger partial charge in [-0.25, -0.2) is 4.79 Å². The molecule has 2 rings (SSSR count). The maximum absolute atomic E-state index is 11.8. The molecule has 2 aromatic rings. The van der Waals surface area contributed by atoms with Crippen molar-refractivity contribution in [1.29, 1.82) is 0 Å². The third kappa shape index (κ3) is 2.83. The molecule has 0 saturated heterocycles. The Morgan fingerprint density at radius 3 is 2.53 bits per heavy atom. The fourth-order valence-corrected chi connectivity index (χ4v) is 1.53. The first-order valence-electron chi connectivity index (χ1n) is 5.47. The first kappa shape index (κ1) is 12.9. The number of carbonyl (C=O) groups is 2. The molecule has 0 aliphatic heterocycles. The molecule has 98 valence electrons. The molecule has 1 aromatic carbocycles. The van der Waals surface area contributed by atoms with Gasteiger partial charge in [0.2, 0.25) is 0 Å². The lowest BCUT2D eigenvalue weighted by atomic mass is 10.1. The number of fused-ring (bicyclic) bond motifs is 1. The molecule has 0 bridgehead atoms. The molecule has 1 atom stereocenters.